The number of methoxy groups -OCH3 is 1. The maximum absolute atomic E-state index is 5.26. The molecule has 1 heterocycles. The summed E-state index contributed by atoms with van der Waals surface area (Å²) < 4.78 is 7.48. The molecule has 0 atom stereocenters. The molecule has 1 aromatic heterocycles. The van der Waals surface area contributed by atoms with Gasteiger partial charge >= 0.3 is 0 Å². The maximum atomic E-state index is 5.26. The number of para-hydroxylation sites is 1. The van der Waals surface area contributed by atoms with Crippen LogP contribution in [0.3, 0.4) is 0 Å². The summed E-state index contributed by atoms with van der Waals surface area (Å²) in [4.78, 5) is 2.21. The third kappa shape index (κ3) is 2.74. The third-order valence-electron chi connectivity index (χ3n) is 4.57. The van der Waals surface area contributed by atoms with E-state index in [1.807, 2.05) is 18.2 Å². The highest BCUT2D eigenvalue weighted by atomic mass is 16.5. The average molecular weight is 328 g/mol. The van der Waals surface area contributed by atoms with E-state index in [0.717, 1.165) is 11.4 Å². The Kier molecular flexibility index (Phi) is 3.90. The smallest absolute Gasteiger partial charge is 0.119 e. The van der Waals surface area contributed by atoms with E-state index in [0.29, 0.717) is 0 Å². The second-order valence-corrected chi connectivity index (χ2v) is 5.99. The zero-order chi connectivity index (χ0) is 17.2. The predicted octanol–water partition coefficient (Wildman–Crippen LogP) is 5.41. The van der Waals surface area contributed by atoms with Crippen molar-refractivity contribution in [2.24, 2.45) is 0 Å². The largest absolute Gasteiger partial charge is 0.497 e. The average Bonchev–Trinajstić information content (AvgIpc) is 3.12. The summed E-state index contributed by atoms with van der Waals surface area (Å²) in [6.45, 7) is 0. The van der Waals surface area contributed by atoms with Crippen molar-refractivity contribution in [3.8, 4) is 11.4 Å². The minimum absolute atomic E-state index is 0.866. The van der Waals surface area contributed by atoms with E-state index in [-0.39, 0.29) is 0 Å². The lowest BCUT2D eigenvalue weighted by Gasteiger charge is -2.21. The Bertz CT molecular complexity index is 988. The molecular weight excluding hydrogens is 308 g/mol. The molecule has 3 aromatic carbocycles. The third-order valence-corrected chi connectivity index (χ3v) is 4.57. The second-order valence-electron chi connectivity index (χ2n) is 5.99. The minimum atomic E-state index is 0.866. The fourth-order valence-electron chi connectivity index (χ4n) is 3.20. The molecule has 0 aliphatic heterocycles. The van der Waals surface area contributed by atoms with Gasteiger partial charge in [0.15, 0.2) is 0 Å². The monoisotopic (exact) mass is 328 g/mol. The normalized spacial score (nSPS) is 10.8. The zero-order valence-electron chi connectivity index (χ0n) is 14.4. The molecule has 4 rings (SSSR count). The van der Waals surface area contributed by atoms with Crippen LogP contribution < -0.4 is 9.64 Å². The van der Waals surface area contributed by atoms with Crippen molar-refractivity contribution in [2.75, 3.05) is 19.1 Å². The van der Waals surface area contributed by atoms with E-state index in [1.165, 1.54) is 22.3 Å². The Labute approximate surface area is 147 Å². The van der Waals surface area contributed by atoms with Gasteiger partial charge in [0.05, 0.1) is 18.3 Å². The minimum Gasteiger partial charge on any atom is -0.497 e. The molecule has 0 aliphatic carbocycles. The van der Waals surface area contributed by atoms with E-state index < -0.39 is 0 Å². The summed E-state index contributed by atoms with van der Waals surface area (Å²) in [5, 5.41) is 1.23. The number of benzene rings is 3. The van der Waals surface area contributed by atoms with Gasteiger partial charge in [0.25, 0.3) is 0 Å². The number of anilines is 2. The molecule has 124 valence electrons. The molecule has 3 nitrogen and oxygen atoms in total. The molecule has 0 amide bonds. The summed E-state index contributed by atoms with van der Waals surface area (Å²) in [5.41, 5.74) is 4.67. The van der Waals surface area contributed by atoms with Crippen molar-refractivity contribution in [1.82, 2.24) is 4.57 Å². The topological polar surface area (TPSA) is 17.4 Å². The first-order valence-electron chi connectivity index (χ1n) is 8.31. The number of ether oxygens (including phenoxy) is 1. The first-order chi connectivity index (χ1) is 12.3. The van der Waals surface area contributed by atoms with Gasteiger partial charge in [0, 0.05) is 30.0 Å². The van der Waals surface area contributed by atoms with Gasteiger partial charge in [0.2, 0.25) is 0 Å². The van der Waals surface area contributed by atoms with E-state index in [4.69, 9.17) is 4.74 Å². The van der Waals surface area contributed by atoms with E-state index in [9.17, 15) is 0 Å². The first-order valence-corrected chi connectivity index (χ1v) is 8.31. The number of nitrogens with zero attached hydrogens (tertiary/aromatic N) is 2. The van der Waals surface area contributed by atoms with Crippen molar-refractivity contribution in [3.63, 3.8) is 0 Å². The van der Waals surface area contributed by atoms with Gasteiger partial charge in [-0.2, -0.15) is 0 Å². The van der Waals surface area contributed by atoms with Crippen LogP contribution in [0.15, 0.2) is 85.1 Å². The van der Waals surface area contributed by atoms with Crippen LogP contribution in [0.25, 0.3) is 16.6 Å². The number of fused-ring (bicyclic) bond motifs is 1. The van der Waals surface area contributed by atoms with Gasteiger partial charge in [-0.05, 0) is 54.6 Å². The standard InChI is InChI=1S/C22H20N2O/c1-23(17-11-13-19(25-2)14-12-17)21-9-6-10-22-20(21)15-16-24(22)18-7-4-3-5-8-18/h3-16H,1-2H3. The van der Waals surface area contributed by atoms with Gasteiger partial charge in [-0.1, -0.05) is 24.3 Å². The molecule has 0 saturated carbocycles. The quantitative estimate of drug-likeness (QED) is 0.498. The van der Waals surface area contributed by atoms with Crippen molar-refractivity contribution in [1.29, 1.82) is 0 Å². The molecule has 25 heavy (non-hydrogen) atoms. The van der Waals surface area contributed by atoms with E-state index in [2.05, 4.69) is 83.4 Å². The Morgan fingerprint density at radius 2 is 1.56 bits per heavy atom. The number of aromatic nitrogens is 1. The van der Waals surface area contributed by atoms with Crippen LogP contribution in [0.5, 0.6) is 5.75 Å². The van der Waals surface area contributed by atoms with Gasteiger partial charge in [0.1, 0.15) is 5.75 Å². The summed E-state index contributed by atoms with van der Waals surface area (Å²) >= 11 is 0. The molecule has 0 saturated heterocycles. The molecule has 0 unspecified atom stereocenters. The summed E-state index contributed by atoms with van der Waals surface area (Å²) in [5.74, 6) is 0.866. The highest BCUT2D eigenvalue weighted by Gasteiger charge is 2.11. The van der Waals surface area contributed by atoms with Crippen molar-refractivity contribution in [2.45, 2.75) is 0 Å². The van der Waals surface area contributed by atoms with Gasteiger partial charge in [-0.3, -0.25) is 0 Å². The second kappa shape index (κ2) is 6.36. The molecule has 0 spiro atoms. The van der Waals surface area contributed by atoms with Gasteiger partial charge in [-0.25, -0.2) is 0 Å². The van der Waals surface area contributed by atoms with Crippen LogP contribution in [0.1, 0.15) is 0 Å². The molecule has 0 N–H and O–H groups in total. The van der Waals surface area contributed by atoms with Crippen LogP contribution in [0.2, 0.25) is 0 Å². The maximum Gasteiger partial charge on any atom is 0.119 e. The van der Waals surface area contributed by atoms with Gasteiger partial charge < -0.3 is 14.2 Å². The zero-order valence-corrected chi connectivity index (χ0v) is 14.4. The summed E-state index contributed by atoms with van der Waals surface area (Å²) in [6, 6.07) is 27.1. The first kappa shape index (κ1) is 15.3. The van der Waals surface area contributed by atoms with Crippen molar-refractivity contribution in [3.05, 3.63) is 85.1 Å². The molecular formula is C22H20N2O. The van der Waals surface area contributed by atoms with Crippen LogP contribution in [0.4, 0.5) is 11.4 Å². The molecule has 0 bridgehead atoms. The lowest BCUT2D eigenvalue weighted by atomic mass is 10.2. The lowest BCUT2D eigenvalue weighted by Crippen LogP contribution is -2.09. The Morgan fingerprint density at radius 1 is 0.800 bits per heavy atom. The van der Waals surface area contributed by atoms with Crippen molar-refractivity contribution >= 4 is 22.3 Å². The Hall–Kier alpha value is -3.20. The Morgan fingerprint density at radius 3 is 2.28 bits per heavy atom. The molecule has 4 aromatic rings. The van der Waals surface area contributed by atoms with Crippen LogP contribution >= 0.6 is 0 Å². The fraction of sp³-hybridized carbons (Fsp3) is 0.0909. The van der Waals surface area contributed by atoms with Crippen LogP contribution in [-0.4, -0.2) is 18.7 Å². The van der Waals surface area contributed by atoms with Crippen molar-refractivity contribution < 1.29 is 4.74 Å². The number of hydrogen-bond acceptors (Lipinski definition) is 2. The predicted molar refractivity (Wildman–Crippen MR) is 104 cm³/mol. The Balaban J connectivity index is 1.78. The highest BCUT2D eigenvalue weighted by molar-refractivity contribution is 5.95. The fourth-order valence-corrected chi connectivity index (χ4v) is 3.20. The van der Waals surface area contributed by atoms with E-state index >= 15 is 0 Å². The molecule has 0 aliphatic rings. The van der Waals surface area contributed by atoms with E-state index in [1.54, 1.807) is 7.11 Å². The number of hydrogen-bond donors (Lipinski definition) is 0. The molecule has 0 radical (unpaired) electrons. The molecule has 0 fully saturated rings. The van der Waals surface area contributed by atoms with Crippen LogP contribution in [0, 0.1) is 0 Å². The lowest BCUT2D eigenvalue weighted by molar-refractivity contribution is 0.415. The summed E-state index contributed by atoms with van der Waals surface area (Å²) in [6.07, 6.45) is 2.13. The summed E-state index contributed by atoms with van der Waals surface area (Å²) in [7, 11) is 3.78. The molecule has 3 heteroatoms. The van der Waals surface area contributed by atoms with Crippen LogP contribution in [-0.2, 0) is 0 Å². The SMILES string of the molecule is COc1ccc(N(C)c2cccc3c2ccn3-c2ccccc2)cc1. The number of rotatable bonds is 4. The highest BCUT2D eigenvalue weighted by Crippen LogP contribution is 2.33. The van der Waals surface area contributed by atoms with Gasteiger partial charge in [-0.15, -0.1) is 0 Å².